The van der Waals surface area contributed by atoms with Crippen LogP contribution in [0.15, 0.2) is 54.6 Å². The molecule has 16 heavy (non-hydrogen) atoms. The maximum absolute atomic E-state index is 5.63. The fourth-order valence-corrected chi connectivity index (χ4v) is 3.19. The van der Waals surface area contributed by atoms with Crippen LogP contribution in [0, 0.1) is 6.92 Å². The third kappa shape index (κ3) is 2.52. The van der Waals surface area contributed by atoms with Gasteiger partial charge in [0, 0.05) is 10.6 Å². The van der Waals surface area contributed by atoms with Crippen LogP contribution in [0.1, 0.15) is 5.56 Å². The molecule has 3 heteroatoms. The van der Waals surface area contributed by atoms with E-state index >= 15 is 0 Å². The Morgan fingerprint density at radius 3 is 2.00 bits per heavy atom. The molecule has 2 rings (SSSR count). The molecule has 0 radical (unpaired) electrons. The van der Waals surface area contributed by atoms with E-state index in [4.69, 9.17) is 4.44 Å². The Hall–Kier alpha value is -1.11. The van der Waals surface area contributed by atoms with Crippen molar-refractivity contribution in [3.8, 4) is 0 Å². The van der Waals surface area contributed by atoms with Gasteiger partial charge in [-0.05, 0) is 6.92 Å². The van der Waals surface area contributed by atoms with Crippen LogP contribution in [-0.4, -0.2) is 8.05 Å². The van der Waals surface area contributed by atoms with Crippen molar-refractivity contribution in [2.75, 3.05) is 0 Å². The van der Waals surface area contributed by atoms with E-state index in [0.717, 1.165) is 0 Å². The van der Waals surface area contributed by atoms with E-state index < -0.39 is 8.15 Å². The average Bonchev–Trinajstić information content (AvgIpc) is 2.34. The highest BCUT2D eigenvalue weighted by Crippen LogP contribution is 2.32. The zero-order valence-electron chi connectivity index (χ0n) is 9.55. The van der Waals surface area contributed by atoms with Crippen LogP contribution in [0.5, 0.6) is 0 Å². The highest BCUT2D eigenvalue weighted by atomic mass is 31.1. The summed E-state index contributed by atoms with van der Waals surface area (Å²) >= 11 is 0. The van der Waals surface area contributed by atoms with Gasteiger partial charge in [0.1, 0.15) is 0 Å². The number of aryl methyl sites for hydroxylation is 1. The molecule has 0 saturated heterocycles. The lowest BCUT2D eigenvalue weighted by Gasteiger charge is -2.16. The van der Waals surface area contributed by atoms with Crippen LogP contribution in [-0.2, 0) is 4.44 Å². The van der Waals surface area contributed by atoms with Crippen LogP contribution in [0.4, 0.5) is 0 Å². The molecular weight excluding hydrogens is 214 g/mol. The molecule has 80 valence electrons. The summed E-state index contributed by atoms with van der Waals surface area (Å²) in [7, 11) is 1.12. The first kappa shape index (κ1) is 11.4. The van der Waals surface area contributed by atoms with Crippen molar-refractivity contribution in [2.45, 2.75) is 6.92 Å². The van der Waals surface area contributed by atoms with Gasteiger partial charge in [0.15, 0.2) is 0 Å². The summed E-state index contributed by atoms with van der Waals surface area (Å²) < 4.78 is 5.63. The van der Waals surface area contributed by atoms with Gasteiger partial charge in [-0.3, -0.25) is 0 Å². The Morgan fingerprint density at radius 2 is 1.44 bits per heavy atom. The van der Waals surface area contributed by atoms with E-state index in [1.165, 1.54) is 16.2 Å². The zero-order valence-corrected chi connectivity index (χ0v) is 10.4. The Morgan fingerprint density at radius 1 is 0.875 bits per heavy atom. The molecule has 2 aromatic rings. The topological polar surface area (TPSA) is 9.23 Å². The van der Waals surface area contributed by atoms with Gasteiger partial charge in [-0.1, -0.05) is 60.2 Å². The molecule has 0 aromatic heterocycles. The van der Waals surface area contributed by atoms with Crippen molar-refractivity contribution >= 4 is 26.8 Å². The lowest BCUT2D eigenvalue weighted by molar-refractivity contribution is 0.705. The van der Waals surface area contributed by atoms with Crippen molar-refractivity contribution in [2.24, 2.45) is 0 Å². The minimum absolute atomic E-state index is 0.661. The lowest BCUT2D eigenvalue weighted by Crippen LogP contribution is -2.12. The molecule has 0 N–H and O–H groups in total. The summed E-state index contributed by atoms with van der Waals surface area (Å²) in [5.41, 5.74) is 1.28. The molecule has 0 aliphatic heterocycles. The van der Waals surface area contributed by atoms with Crippen LogP contribution in [0.3, 0.4) is 0 Å². The Labute approximate surface area is 98.7 Å². The summed E-state index contributed by atoms with van der Waals surface area (Å²) in [5, 5.41) is 2.51. The first-order valence-corrected chi connectivity index (χ1v) is 6.53. The number of hydrogen-bond donors (Lipinski definition) is 0. The lowest BCUT2D eigenvalue weighted by atomic mass is 10.2. The summed E-state index contributed by atoms with van der Waals surface area (Å²) in [5.74, 6) is 0. The molecule has 0 bridgehead atoms. The molecule has 2 aromatic carbocycles. The third-order valence-electron chi connectivity index (χ3n) is 2.44. The van der Waals surface area contributed by atoms with E-state index in [0.29, 0.717) is 0 Å². The maximum Gasteiger partial charge on any atom is 0.263 e. The maximum atomic E-state index is 5.63. The molecule has 0 amide bonds. The first-order chi connectivity index (χ1) is 7.81. The van der Waals surface area contributed by atoms with Gasteiger partial charge < -0.3 is 4.44 Å². The number of hydrogen-bond acceptors (Lipinski definition) is 1. The van der Waals surface area contributed by atoms with E-state index in [1.807, 2.05) is 6.07 Å². The van der Waals surface area contributed by atoms with Crippen molar-refractivity contribution in [3.63, 3.8) is 0 Å². The van der Waals surface area contributed by atoms with Crippen LogP contribution < -0.4 is 10.6 Å². The fraction of sp³-hybridized carbons (Fsp3) is 0.0769. The Balaban J connectivity index is 2.33. The third-order valence-corrected chi connectivity index (χ3v) is 4.34. The Kier molecular flexibility index (Phi) is 3.76. The molecule has 1 atom stereocenters. The SMILES string of the molecule is BO[P@](c1ccccc1)c1ccc(C)cc1. The van der Waals surface area contributed by atoms with Gasteiger partial charge in [0.05, 0.1) is 8.15 Å². The predicted octanol–water partition coefficient (Wildman–Crippen LogP) is 1.91. The van der Waals surface area contributed by atoms with E-state index in [-0.39, 0.29) is 0 Å². The van der Waals surface area contributed by atoms with Crippen LogP contribution in [0.2, 0.25) is 0 Å². The highest BCUT2D eigenvalue weighted by molar-refractivity contribution is 7.69. The highest BCUT2D eigenvalue weighted by Gasteiger charge is 2.11. The second kappa shape index (κ2) is 5.29. The normalized spacial score (nSPS) is 12.3. The van der Waals surface area contributed by atoms with Crippen molar-refractivity contribution in [3.05, 3.63) is 60.2 Å². The van der Waals surface area contributed by atoms with Gasteiger partial charge in [-0.15, -0.1) is 0 Å². The second-order valence-corrected chi connectivity index (χ2v) is 5.63. The standard InChI is InChI=1S/C13H14BOP/c1-11-7-9-13(10-8-11)16(15-14)12-5-3-2-4-6-12/h2-10H,14H2,1H3/t16-/m1/s1. The molecule has 0 saturated carbocycles. The smallest absolute Gasteiger partial charge is 0.263 e. The van der Waals surface area contributed by atoms with Gasteiger partial charge in [0.25, 0.3) is 8.05 Å². The van der Waals surface area contributed by atoms with Crippen molar-refractivity contribution in [1.82, 2.24) is 0 Å². The molecule has 0 aliphatic rings. The molecule has 1 nitrogen and oxygen atoms in total. The summed E-state index contributed by atoms with van der Waals surface area (Å²) in [6.07, 6.45) is 0. The molecular formula is C13H14BOP. The van der Waals surface area contributed by atoms with Crippen molar-refractivity contribution < 1.29 is 4.44 Å². The largest absolute Gasteiger partial charge is 0.417 e. The number of benzene rings is 2. The Bertz CT molecular complexity index is 441. The minimum atomic E-state index is -0.661. The average molecular weight is 228 g/mol. The van der Waals surface area contributed by atoms with E-state index in [1.54, 1.807) is 8.05 Å². The van der Waals surface area contributed by atoms with Crippen molar-refractivity contribution in [1.29, 1.82) is 0 Å². The molecule has 0 aliphatic carbocycles. The van der Waals surface area contributed by atoms with Gasteiger partial charge in [-0.25, -0.2) is 0 Å². The van der Waals surface area contributed by atoms with Gasteiger partial charge in [-0.2, -0.15) is 0 Å². The van der Waals surface area contributed by atoms with Crippen LogP contribution in [0.25, 0.3) is 0 Å². The van der Waals surface area contributed by atoms with E-state index in [9.17, 15) is 0 Å². The predicted molar refractivity (Wildman–Crippen MR) is 73.4 cm³/mol. The molecule has 0 heterocycles. The first-order valence-electron chi connectivity index (χ1n) is 5.27. The number of rotatable bonds is 3. The summed E-state index contributed by atoms with van der Waals surface area (Å²) in [4.78, 5) is 0. The van der Waals surface area contributed by atoms with Crippen LogP contribution >= 0.6 is 8.15 Å². The summed E-state index contributed by atoms with van der Waals surface area (Å²) in [6.45, 7) is 2.10. The zero-order chi connectivity index (χ0) is 11.4. The molecule has 0 unspecified atom stereocenters. The van der Waals surface area contributed by atoms with E-state index in [2.05, 4.69) is 55.5 Å². The fourth-order valence-electron chi connectivity index (χ4n) is 1.60. The van der Waals surface area contributed by atoms with Gasteiger partial charge in [0.2, 0.25) is 0 Å². The quantitative estimate of drug-likeness (QED) is 0.575. The monoisotopic (exact) mass is 228 g/mol. The minimum Gasteiger partial charge on any atom is -0.417 e. The summed E-state index contributed by atoms with van der Waals surface area (Å²) in [6, 6.07) is 18.9. The molecule has 0 fully saturated rings. The molecule has 0 spiro atoms. The second-order valence-electron chi connectivity index (χ2n) is 3.65. The van der Waals surface area contributed by atoms with Gasteiger partial charge >= 0.3 is 0 Å².